The van der Waals surface area contributed by atoms with E-state index < -0.39 is 5.97 Å². The van der Waals surface area contributed by atoms with Crippen LogP contribution in [-0.4, -0.2) is 22.3 Å². The molecule has 2 spiro atoms. The number of carboxylic acid groups (broad SMARTS) is 1. The fourth-order valence-corrected chi connectivity index (χ4v) is 11.2. The van der Waals surface area contributed by atoms with Crippen LogP contribution in [0.25, 0.3) is 0 Å². The van der Waals surface area contributed by atoms with E-state index in [0.717, 1.165) is 31.6 Å². The van der Waals surface area contributed by atoms with Crippen molar-refractivity contribution in [3.05, 3.63) is 12.2 Å². The molecule has 5 rings (SSSR count). The second kappa shape index (κ2) is 7.59. The lowest BCUT2D eigenvalue weighted by molar-refractivity contribution is -0.167. The summed E-state index contributed by atoms with van der Waals surface area (Å²) in [7, 11) is 0. The van der Waals surface area contributed by atoms with E-state index in [0.29, 0.717) is 22.7 Å². The average Bonchev–Trinajstić information content (AvgIpc) is 3.35. The molecular weight excluding hydrogens is 420 g/mol. The van der Waals surface area contributed by atoms with E-state index in [4.69, 9.17) is 0 Å². The van der Waals surface area contributed by atoms with Crippen LogP contribution in [0.1, 0.15) is 112 Å². The molecule has 0 aromatic heterocycles. The molecule has 0 amide bonds. The zero-order valence-corrected chi connectivity index (χ0v) is 22.8. The number of hydrogen-bond acceptors (Lipinski definition) is 2. The second-order valence-electron chi connectivity index (χ2n) is 14.8. The molecular formula is C31H50O3. The molecule has 5 aliphatic carbocycles. The van der Waals surface area contributed by atoms with Crippen molar-refractivity contribution in [2.75, 3.05) is 0 Å². The molecule has 9 atom stereocenters. The van der Waals surface area contributed by atoms with Gasteiger partial charge in [0.2, 0.25) is 0 Å². The van der Waals surface area contributed by atoms with Crippen LogP contribution in [0.2, 0.25) is 0 Å². The minimum Gasteiger partial charge on any atom is -0.481 e. The summed E-state index contributed by atoms with van der Waals surface area (Å²) in [5.41, 5.74) is 2.49. The molecule has 0 aromatic rings. The zero-order valence-electron chi connectivity index (χ0n) is 22.8. The van der Waals surface area contributed by atoms with E-state index in [1.54, 1.807) is 0 Å². The first-order chi connectivity index (χ1) is 15.8. The quantitative estimate of drug-likeness (QED) is 0.396. The molecule has 192 valence electrons. The molecule has 2 N–H and O–H groups in total. The van der Waals surface area contributed by atoms with Crippen LogP contribution in [0, 0.1) is 56.7 Å². The second-order valence-corrected chi connectivity index (χ2v) is 14.8. The monoisotopic (exact) mass is 470 g/mol. The molecule has 0 bridgehead atoms. The topological polar surface area (TPSA) is 57.5 Å². The SMILES string of the molecule is C=C(CCC(C(=O)O)[C@H]1CC[C@@]2(C)[C@@H]3CC[C@H]4C(C)(C)C(O)CC[C@@]45C[C@@]35CC[C@]12C)C(C)C. The van der Waals surface area contributed by atoms with E-state index in [1.165, 1.54) is 50.5 Å². The van der Waals surface area contributed by atoms with Gasteiger partial charge in [-0.1, -0.05) is 53.7 Å². The summed E-state index contributed by atoms with van der Waals surface area (Å²) in [5.74, 6) is 1.26. The Bertz CT molecular complexity index is 874. The lowest BCUT2D eigenvalue weighted by atomic mass is 9.41. The summed E-state index contributed by atoms with van der Waals surface area (Å²) < 4.78 is 0. The van der Waals surface area contributed by atoms with Crippen molar-refractivity contribution in [1.82, 2.24) is 0 Å². The third-order valence-corrected chi connectivity index (χ3v) is 13.5. The average molecular weight is 471 g/mol. The number of aliphatic hydroxyl groups is 1. The zero-order chi connectivity index (χ0) is 24.9. The Labute approximate surface area is 208 Å². The van der Waals surface area contributed by atoms with Gasteiger partial charge in [0.1, 0.15) is 0 Å². The highest BCUT2D eigenvalue weighted by atomic mass is 16.4. The van der Waals surface area contributed by atoms with Gasteiger partial charge in [0.25, 0.3) is 0 Å². The van der Waals surface area contributed by atoms with E-state index in [1.807, 2.05) is 0 Å². The van der Waals surface area contributed by atoms with Gasteiger partial charge in [0, 0.05) is 0 Å². The maximum Gasteiger partial charge on any atom is 0.306 e. The summed E-state index contributed by atoms with van der Waals surface area (Å²) >= 11 is 0. The standard InChI is InChI=1S/C31H50O3/c1-19(2)20(3)8-9-21(26(33)34)22-12-14-29(7)24-11-10-23-27(4,5)25(32)13-15-30(23)18-31(24,30)17-16-28(22,29)6/h19,21-25,32H,3,8-18H2,1-2,4-7H3,(H,33,34)/t21?,22-,23+,24+,25?,28-,29+,30-,31+/m1/s1. The van der Waals surface area contributed by atoms with Crippen molar-refractivity contribution in [3.63, 3.8) is 0 Å². The Morgan fingerprint density at radius 3 is 2.21 bits per heavy atom. The summed E-state index contributed by atoms with van der Waals surface area (Å²) in [6, 6.07) is 0. The summed E-state index contributed by atoms with van der Waals surface area (Å²) in [5, 5.41) is 21.2. The summed E-state index contributed by atoms with van der Waals surface area (Å²) in [6.07, 6.45) is 12.3. The van der Waals surface area contributed by atoms with Gasteiger partial charge in [-0.05, 0) is 121 Å². The Kier molecular flexibility index (Phi) is 5.55. The number of rotatable bonds is 6. The molecule has 0 radical (unpaired) electrons. The van der Waals surface area contributed by atoms with Crippen LogP contribution in [0.15, 0.2) is 12.2 Å². The highest BCUT2D eigenvalue weighted by Crippen LogP contribution is 2.89. The fourth-order valence-electron chi connectivity index (χ4n) is 11.2. The highest BCUT2D eigenvalue weighted by Gasteiger charge is 2.82. The molecule has 3 nitrogen and oxygen atoms in total. The predicted molar refractivity (Wildman–Crippen MR) is 137 cm³/mol. The Hall–Kier alpha value is -0.830. The smallest absolute Gasteiger partial charge is 0.306 e. The Balaban J connectivity index is 1.42. The van der Waals surface area contributed by atoms with Crippen LogP contribution < -0.4 is 0 Å². The van der Waals surface area contributed by atoms with Gasteiger partial charge in [0.05, 0.1) is 12.0 Å². The first kappa shape index (κ1) is 24.8. The van der Waals surface area contributed by atoms with E-state index >= 15 is 0 Å². The maximum atomic E-state index is 12.6. The highest BCUT2D eigenvalue weighted by molar-refractivity contribution is 5.70. The van der Waals surface area contributed by atoms with Gasteiger partial charge in [-0.3, -0.25) is 4.79 Å². The van der Waals surface area contributed by atoms with E-state index in [9.17, 15) is 15.0 Å². The summed E-state index contributed by atoms with van der Waals surface area (Å²) in [4.78, 5) is 12.6. The molecule has 3 heteroatoms. The van der Waals surface area contributed by atoms with Gasteiger partial charge in [-0.15, -0.1) is 0 Å². The van der Waals surface area contributed by atoms with Crippen LogP contribution in [0.5, 0.6) is 0 Å². The third kappa shape index (κ3) is 2.94. The normalized spacial score (nSPS) is 49.4. The summed E-state index contributed by atoms with van der Waals surface area (Å²) in [6.45, 7) is 18.3. The van der Waals surface area contributed by atoms with Crippen molar-refractivity contribution in [2.24, 2.45) is 56.7 Å². The number of aliphatic carboxylic acids is 1. The molecule has 0 aromatic carbocycles. The van der Waals surface area contributed by atoms with Crippen LogP contribution in [0.3, 0.4) is 0 Å². The van der Waals surface area contributed by atoms with Crippen LogP contribution in [-0.2, 0) is 4.79 Å². The third-order valence-electron chi connectivity index (χ3n) is 13.5. The molecule has 5 saturated carbocycles. The van der Waals surface area contributed by atoms with Crippen LogP contribution >= 0.6 is 0 Å². The van der Waals surface area contributed by atoms with Crippen molar-refractivity contribution in [2.45, 2.75) is 118 Å². The van der Waals surface area contributed by atoms with Crippen molar-refractivity contribution < 1.29 is 15.0 Å². The number of fused-ring (bicyclic) bond motifs is 2. The van der Waals surface area contributed by atoms with Gasteiger partial charge < -0.3 is 10.2 Å². The lowest BCUT2D eigenvalue weighted by Crippen LogP contribution is -2.57. The van der Waals surface area contributed by atoms with Crippen molar-refractivity contribution in [1.29, 1.82) is 0 Å². The van der Waals surface area contributed by atoms with Crippen LogP contribution in [0.4, 0.5) is 0 Å². The van der Waals surface area contributed by atoms with Crippen molar-refractivity contribution >= 4 is 5.97 Å². The lowest BCUT2D eigenvalue weighted by Gasteiger charge is -2.63. The predicted octanol–water partition coefficient (Wildman–Crippen LogP) is 7.48. The number of aliphatic hydroxyl groups excluding tert-OH is 1. The number of carboxylic acids is 1. The van der Waals surface area contributed by atoms with Gasteiger partial charge in [-0.25, -0.2) is 0 Å². The molecule has 0 aliphatic heterocycles. The van der Waals surface area contributed by atoms with Gasteiger partial charge >= 0.3 is 5.97 Å². The Morgan fingerprint density at radius 1 is 0.912 bits per heavy atom. The molecule has 0 heterocycles. The molecule has 5 aliphatic rings. The van der Waals surface area contributed by atoms with Crippen molar-refractivity contribution in [3.8, 4) is 0 Å². The van der Waals surface area contributed by atoms with Gasteiger partial charge in [-0.2, -0.15) is 0 Å². The minimum atomic E-state index is -0.582. The largest absolute Gasteiger partial charge is 0.481 e. The number of hydrogen-bond donors (Lipinski definition) is 2. The minimum absolute atomic E-state index is 0.0276. The fraction of sp³-hybridized carbons (Fsp3) is 0.903. The van der Waals surface area contributed by atoms with Gasteiger partial charge in [0.15, 0.2) is 0 Å². The maximum absolute atomic E-state index is 12.6. The first-order valence-corrected chi connectivity index (χ1v) is 14.4. The molecule has 2 unspecified atom stereocenters. The van der Waals surface area contributed by atoms with E-state index in [2.05, 4.69) is 48.1 Å². The molecule has 0 saturated heterocycles. The first-order valence-electron chi connectivity index (χ1n) is 14.4. The van der Waals surface area contributed by atoms with E-state index in [-0.39, 0.29) is 34.2 Å². The molecule has 34 heavy (non-hydrogen) atoms. The Morgan fingerprint density at radius 2 is 1.56 bits per heavy atom. The number of allylic oxidation sites excluding steroid dienone is 1. The molecule has 5 fully saturated rings. The number of carbonyl (C=O) groups is 1.